The molecule has 1 aromatic carbocycles. The van der Waals surface area contributed by atoms with Crippen LogP contribution in [-0.4, -0.2) is 48.9 Å². The van der Waals surface area contributed by atoms with Gasteiger partial charge >= 0.3 is 0 Å². The highest BCUT2D eigenvalue weighted by atomic mass is 19.1. The third-order valence-corrected chi connectivity index (χ3v) is 3.65. The van der Waals surface area contributed by atoms with Crippen molar-refractivity contribution in [1.82, 2.24) is 15.1 Å². The lowest BCUT2D eigenvalue weighted by atomic mass is 10.1. The summed E-state index contributed by atoms with van der Waals surface area (Å²) < 4.78 is 12.9. The molecule has 6 heteroatoms. The summed E-state index contributed by atoms with van der Waals surface area (Å²) in [5.74, 6) is 0.789. The molecule has 0 radical (unpaired) electrons. The minimum atomic E-state index is -0.245. The number of guanidine groups is 2. The number of hydrogen-bond donors (Lipinski definition) is 2. The molecule has 120 valence electrons. The predicted molar refractivity (Wildman–Crippen MR) is 87.5 cm³/mol. The Morgan fingerprint density at radius 1 is 1.23 bits per heavy atom. The molecule has 0 amide bonds. The van der Waals surface area contributed by atoms with Gasteiger partial charge in [0.15, 0.2) is 5.96 Å². The average molecular weight is 305 g/mol. The van der Waals surface area contributed by atoms with E-state index in [0.717, 1.165) is 31.5 Å². The van der Waals surface area contributed by atoms with E-state index in [0.29, 0.717) is 18.5 Å². The minimum Gasteiger partial charge on any atom is -0.349 e. The number of nitrogens with zero attached hydrogens (tertiary/aromatic N) is 3. The van der Waals surface area contributed by atoms with Gasteiger partial charge in [0.2, 0.25) is 5.96 Å². The van der Waals surface area contributed by atoms with E-state index < -0.39 is 0 Å². The Kier molecular flexibility index (Phi) is 5.75. The summed E-state index contributed by atoms with van der Waals surface area (Å²) in [7, 11) is 3.78. The lowest BCUT2D eigenvalue weighted by molar-refractivity contribution is 0.333. The second-order valence-corrected chi connectivity index (χ2v) is 5.68. The van der Waals surface area contributed by atoms with E-state index in [4.69, 9.17) is 5.41 Å². The molecule has 22 heavy (non-hydrogen) atoms. The van der Waals surface area contributed by atoms with Gasteiger partial charge < -0.3 is 9.80 Å². The van der Waals surface area contributed by atoms with Gasteiger partial charge in [-0.2, -0.15) is 0 Å². The van der Waals surface area contributed by atoms with Crippen LogP contribution in [0, 0.1) is 11.2 Å². The van der Waals surface area contributed by atoms with Crippen LogP contribution in [0.2, 0.25) is 0 Å². The number of hydrogen-bond acceptors (Lipinski definition) is 2. The molecule has 2 N–H and O–H groups in total. The zero-order valence-electron chi connectivity index (χ0n) is 13.3. The zero-order valence-corrected chi connectivity index (χ0v) is 13.3. The topological polar surface area (TPSA) is 54.7 Å². The van der Waals surface area contributed by atoms with Crippen molar-refractivity contribution in [1.29, 1.82) is 5.41 Å². The van der Waals surface area contributed by atoms with Crippen LogP contribution in [0.15, 0.2) is 29.3 Å². The van der Waals surface area contributed by atoms with E-state index >= 15 is 0 Å². The Labute approximate surface area is 131 Å². The monoisotopic (exact) mass is 305 g/mol. The summed E-state index contributed by atoms with van der Waals surface area (Å²) in [4.78, 5) is 8.39. The molecule has 1 heterocycles. The number of piperidine rings is 1. The van der Waals surface area contributed by atoms with Crippen LogP contribution in [0.25, 0.3) is 0 Å². The van der Waals surface area contributed by atoms with Crippen molar-refractivity contribution in [3.05, 3.63) is 35.6 Å². The lowest BCUT2D eigenvalue weighted by Gasteiger charge is -2.30. The van der Waals surface area contributed by atoms with Crippen molar-refractivity contribution >= 4 is 11.9 Å². The van der Waals surface area contributed by atoms with Crippen LogP contribution in [0.5, 0.6) is 0 Å². The minimum absolute atomic E-state index is 0.245. The van der Waals surface area contributed by atoms with E-state index in [1.807, 2.05) is 23.9 Å². The maximum Gasteiger partial charge on any atom is 0.200 e. The first-order valence-electron chi connectivity index (χ1n) is 7.63. The number of likely N-dealkylation sites (tertiary alicyclic amines) is 1. The van der Waals surface area contributed by atoms with E-state index in [1.165, 1.54) is 18.6 Å². The lowest BCUT2D eigenvalue weighted by Crippen LogP contribution is -2.49. The molecule has 0 spiro atoms. The average Bonchev–Trinajstić information content (AvgIpc) is 2.53. The molecule has 0 aliphatic carbocycles. The third-order valence-electron chi connectivity index (χ3n) is 3.65. The standard InChI is InChI=1S/C16H24FN5/c1-21(2)16(19-12-13-6-8-14(17)9-7-13)20-15(18)22-10-4-3-5-11-22/h6-9H,3-5,10-12H2,1-2H3,(H2,18,19,20). The Hall–Kier alpha value is -2.11. The molecular weight excluding hydrogens is 281 g/mol. The molecule has 1 saturated heterocycles. The number of aliphatic imine (C=N–C) groups is 1. The van der Waals surface area contributed by atoms with Crippen LogP contribution in [0.1, 0.15) is 24.8 Å². The van der Waals surface area contributed by atoms with Gasteiger partial charge in [-0.1, -0.05) is 12.1 Å². The molecule has 0 bridgehead atoms. The molecule has 2 rings (SSSR count). The Balaban J connectivity index is 1.97. The molecule has 1 aliphatic heterocycles. The van der Waals surface area contributed by atoms with Gasteiger partial charge in [0.25, 0.3) is 0 Å². The quantitative estimate of drug-likeness (QED) is 0.651. The summed E-state index contributed by atoms with van der Waals surface area (Å²) in [6.45, 7) is 2.29. The summed E-state index contributed by atoms with van der Waals surface area (Å²) in [6, 6.07) is 6.32. The van der Waals surface area contributed by atoms with Gasteiger partial charge in [-0.3, -0.25) is 10.7 Å². The Morgan fingerprint density at radius 3 is 2.45 bits per heavy atom. The summed E-state index contributed by atoms with van der Waals surface area (Å²) in [6.07, 6.45) is 3.51. The predicted octanol–water partition coefficient (Wildman–Crippen LogP) is 2.25. The number of halogens is 1. The molecule has 0 atom stereocenters. The number of benzene rings is 1. The van der Waals surface area contributed by atoms with Crippen LogP contribution in [0.4, 0.5) is 4.39 Å². The van der Waals surface area contributed by atoms with Crippen molar-refractivity contribution in [3.8, 4) is 0 Å². The van der Waals surface area contributed by atoms with Gasteiger partial charge in [-0.05, 0) is 37.0 Å². The summed E-state index contributed by atoms with van der Waals surface area (Å²) in [5, 5.41) is 11.3. The van der Waals surface area contributed by atoms with Gasteiger partial charge in [-0.25, -0.2) is 9.38 Å². The van der Waals surface area contributed by atoms with Crippen molar-refractivity contribution in [2.75, 3.05) is 27.2 Å². The zero-order chi connectivity index (χ0) is 15.9. The largest absolute Gasteiger partial charge is 0.349 e. The maximum atomic E-state index is 12.9. The molecule has 0 unspecified atom stereocenters. The molecule has 1 aromatic rings. The fourth-order valence-corrected chi connectivity index (χ4v) is 2.35. The van der Waals surface area contributed by atoms with E-state index in [2.05, 4.69) is 10.3 Å². The first-order valence-corrected chi connectivity index (χ1v) is 7.63. The van der Waals surface area contributed by atoms with Crippen molar-refractivity contribution < 1.29 is 4.39 Å². The van der Waals surface area contributed by atoms with E-state index in [1.54, 1.807) is 12.1 Å². The first kappa shape index (κ1) is 16.3. The van der Waals surface area contributed by atoms with Crippen LogP contribution in [0.3, 0.4) is 0 Å². The van der Waals surface area contributed by atoms with Crippen molar-refractivity contribution in [2.45, 2.75) is 25.8 Å². The molecule has 5 nitrogen and oxygen atoms in total. The fourth-order valence-electron chi connectivity index (χ4n) is 2.35. The van der Waals surface area contributed by atoms with E-state index in [-0.39, 0.29) is 5.82 Å². The highest BCUT2D eigenvalue weighted by Gasteiger charge is 2.15. The first-order chi connectivity index (χ1) is 10.6. The third kappa shape index (κ3) is 4.72. The van der Waals surface area contributed by atoms with Gasteiger partial charge in [0.1, 0.15) is 5.82 Å². The Bertz CT molecular complexity index is 518. The smallest absolute Gasteiger partial charge is 0.200 e. The molecule has 1 aliphatic rings. The number of rotatable bonds is 2. The summed E-state index contributed by atoms with van der Waals surface area (Å²) in [5.41, 5.74) is 0.937. The van der Waals surface area contributed by atoms with Gasteiger partial charge in [-0.15, -0.1) is 0 Å². The van der Waals surface area contributed by atoms with Crippen LogP contribution in [-0.2, 0) is 6.54 Å². The summed E-state index contributed by atoms with van der Waals surface area (Å²) >= 11 is 0. The molecule has 0 aromatic heterocycles. The second kappa shape index (κ2) is 7.77. The van der Waals surface area contributed by atoms with Crippen molar-refractivity contribution in [3.63, 3.8) is 0 Å². The maximum absolute atomic E-state index is 12.9. The fraction of sp³-hybridized carbons (Fsp3) is 0.500. The van der Waals surface area contributed by atoms with Crippen LogP contribution >= 0.6 is 0 Å². The SMILES string of the molecule is CN(C)/C(=N\Cc1ccc(F)cc1)NC(=N)N1CCCCC1. The Morgan fingerprint density at radius 2 is 1.86 bits per heavy atom. The van der Waals surface area contributed by atoms with Gasteiger partial charge in [0, 0.05) is 27.2 Å². The van der Waals surface area contributed by atoms with Crippen LogP contribution < -0.4 is 5.32 Å². The highest BCUT2D eigenvalue weighted by Crippen LogP contribution is 2.08. The second-order valence-electron chi connectivity index (χ2n) is 5.68. The van der Waals surface area contributed by atoms with Gasteiger partial charge in [0.05, 0.1) is 6.54 Å². The van der Waals surface area contributed by atoms with Crippen molar-refractivity contribution in [2.24, 2.45) is 4.99 Å². The normalized spacial score (nSPS) is 15.6. The highest BCUT2D eigenvalue weighted by molar-refractivity contribution is 5.97. The molecular formula is C16H24FN5. The van der Waals surface area contributed by atoms with E-state index in [9.17, 15) is 4.39 Å². The molecule has 1 fully saturated rings. The number of nitrogens with one attached hydrogen (secondary N) is 2. The molecule has 0 saturated carbocycles.